The number of aromatic nitrogens is 2. The van der Waals surface area contributed by atoms with Crippen LogP contribution in [0.3, 0.4) is 0 Å². The summed E-state index contributed by atoms with van der Waals surface area (Å²) in [5.41, 5.74) is -1.22. The van der Waals surface area contributed by atoms with Crippen LogP contribution in [0.4, 0.5) is 26.3 Å². The van der Waals surface area contributed by atoms with Crippen molar-refractivity contribution in [2.45, 2.75) is 58.3 Å². The van der Waals surface area contributed by atoms with Gasteiger partial charge in [-0.1, -0.05) is 26.0 Å². The molecule has 0 saturated carbocycles. The van der Waals surface area contributed by atoms with Crippen molar-refractivity contribution in [3.63, 3.8) is 0 Å². The van der Waals surface area contributed by atoms with Gasteiger partial charge in [-0.05, 0) is 42.0 Å². The Morgan fingerprint density at radius 3 is 2.38 bits per heavy atom. The Hall–Kier alpha value is -2.80. The summed E-state index contributed by atoms with van der Waals surface area (Å²) in [4.78, 5) is 26.7. The molecule has 2 unspecified atom stereocenters. The summed E-state index contributed by atoms with van der Waals surface area (Å²) in [7, 11) is 0. The van der Waals surface area contributed by atoms with Crippen LogP contribution in [0.15, 0.2) is 27.8 Å². The van der Waals surface area contributed by atoms with Crippen molar-refractivity contribution >= 4 is 21.6 Å². The lowest BCUT2D eigenvalue weighted by Crippen LogP contribution is -2.38. The largest absolute Gasteiger partial charge is 0.573 e. The molecule has 2 atom stereocenters. The molecule has 2 heterocycles. The van der Waals surface area contributed by atoms with E-state index in [2.05, 4.69) is 4.74 Å². The van der Waals surface area contributed by atoms with Gasteiger partial charge in [-0.2, -0.15) is 13.2 Å². The zero-order chi connectivity index (χ0) is 25.6. The molecule has 3 rings (SSSR count). The second-order valence-corrected chi connectivity index (χ2v) is 8.77. The van der Waals surface area contributed by atoms with Gasteiger partial charge in [-0.25, -0.2) is 4.79 Å². The van der Waals surface area contributed by atoms with E-state index in [0.29, 0.717) is 16.6 Å². The molecule has 0 aliphatic rings. The SMILES string of the molecule is CCC(C)c1ccc(-c2sc3c(c2C)c(=O)[nH]c(=O)n3CC(O)C(F)(F)F)cc1OC(F)(F)F. The van der Waals surface area contributed by atoms with Crippen molar-refractivity contribution in [2.24, 2.45) is 0 Å². The zero-order valence-electron chi connectivity index (χ0n) is 18.1. The number of aliphatic hydroxyl groups excluding tert-OH is 1. The van der Waals surface area contributed by atoms with E-state index in [-0.39, 0.29) is 32.1 Å². The maximum Gasteiger partial charge on any atom is 0.573 e. The number of fused-ring (bicyclic) bond motifs is 1. The normalized spacial score (nSPS) is 14.4. The predicted octanol–water partition coefficient (Wildman–Crippen LogP) is 5.06. The number of halogens is 6. The van der Waals surface area contributed by atoms with E-state index in [4.69, 9.17) is 0 Å². The van der Waals surface area contributed by atoms with Crippen molar-refractivity contribution in [3.05, 3.63) is 50.2 Å². The molecule has 0 radical (unpaired) electrons. The lowest BCUT2D eigenvalue weighted by atomic mass is 9.95. The van der Waals surface area contributed by atoms with E-state index < -0.39 is 42.2 Å². The van der Waals surface area contributed by atoms with E-state index in [9.17, 15) is 41.0 Å². The van der Waals surface area contributed by atoms with Gasteiger partial charge in [0.05, 0.1) is 11.9 Å². The minimum Gasteiger partial charge on any atom is -0.405 e. The second kappa shape index (κ2) is 9.10. The Morgan fingerprint density at radius 1 is 1.18 bits per heavy atom. The maximum absolute atomic E-state index is 13.0. The molecule has 0 fully saturated rings. The molecule has 0 saturated heterocycles. The van der Waals surface area contributed by atoms with Gasteiger partial charge >= 0.3 is 18.2 Å². The third-order valence-electron chi connectivity index (χ3n) is 5.44. The highest BCUT2D eigenvalue weighted by atomic mass is 32.1. The first-order valence-corrected chi connectivity index (χ1v) is 10.9. The van der Waals surface area contributed by atoms with Crippen LogP contribution in [0, 0.1) is 6.92 Å². The molecule has 3 aromatic rings. The van der Waals surface area contributed by atoms with Crippen molar-refractivity contribution in [3.8, 4) is 16.2 Å². The van der Waals surface area contributed by atoms with Crippen molar-refractivity contribution in [1.29, 1.82) is 0 Å². The third kappa shape index (κ3) is 5.14. The summed E-state index contributed by atoms with van der Waals surface area (Å²) >= 11 is 0.759. The number of hydrogen-bond acceptors (Lipinski definition) is 5. The summed E-state index contributed by atoms with van der Waals surface area (Å²) in [6.07, 6.45) is -12.3. The molecule has 34 heavy (non-hydrogen) atoms. The van der Waals surface area contributed by atoms with Gasteiger partial charge in [0.1, 0.15) is 10.6 Å². The van der Waals surface area contributed by atoms with Gasteiger partial charge in [0.2, 0.25) is 0 Å². The molecule has 0 spiro atoms. The van der Waals surface area contributed by atoms with Crippen LogP contribution < -0.4 is 16.0 Å². The number of thiophene rings is 1. The molecular formula is C21H20F6N2O4S. The molecule has 186 valence electrons. The molecule has 13 heteroatoms. The first-order chi connectivity index (χ1) is 15.6. The minimum atomic E-state index is -5.01. The van der Waals surface area contributed by atoms with E-state index in [1.54, 1.807) is 13.8 Å². The van der Waals surface area contributed by atoms with Crippen LogP contribution in [0.2, 0.25) is 0 Å². The number of nitrogens with zero attached hydrogens (tertiary/aromatic N) is 1. The minimum absolute atomic E-state index is 0.0988. The quantitative estimate of drug-likeness (QED) is 0.454. The third-order valence-corrected chi connectivity index (χ3v) is 6.81. The Morgan fingerprint density at radius 2 is 1.82 bits per heavy atom. The highest BCUT2D eigenvalue weighted by Crippen LogP contribution is 2.41. The average Bonchev–Trinajstić information content (AvgIpc) is 3.06. The molecule has 0 aliphatic heterocycles. The fourth-order valence-electron chi connectivity index (χ4n) is 3.51. The van der Waals surface area contributed by atoms with E-state index in [1.165, 1.54) is 19.1 Å². The van der Waals surface area contributed by atoms with Crippen LogP contribution in [0.25, 0.3) is 20.7 Å². The van der Waals surface area contributed by atoms with Crippen LogP contribution in [0.5, 0.6) is 5.75 Å². The van der Waals surface area contributed by atoms with Crippen LogP contribution in [-0.2, 0) is 6.54 Å². The number of aromatic amines is 1. The molecule has 0 aliphatic carbocycles. The molecule has 0 bridgehead atoms. The van der Waals surface area contributed by atoms with Gasteiger partial charge in [-0.15, -0.1) is 24.5 Å². The fourth-order valence-corrected chi connectivity index (χ4v) is 4.82. The number of ether oxygens (including phenoxy) is 1. The summed E-state index contributed by atoms with van der Waals surface area (Å²) < 4.78 is 82.5. The molecule has 0 amide bonds. The van der Waals surface area contributed by atoms with Crippen molar-refractivity contribution in [2.75, 3.05) is 0 Å². The summed E-state index contributed by atoms with van der Waals surface area (Å²) in [6.45, 7) is 3.83. The summed E-state index contributed by atoms with van der Waals surface area (Å²) in [5, 5.41) is 9.34. The fraction of sp³-hybridized carbons (Fsp3) is 0.429. The van der Waals surface area contributed by atoms with Crippen LogP contribution in [-0.4, -0.2) is 33.3 Å². The highest BCUT2D eigenvalue weighted by molar-refractivity contribution is 7.22. The molecular weight excluding hydrogens is 490 g/mol. The summed E-state index contributed by atoms with van der Waals surface area (Å²) in [5.74, 6) is -0.693. The van der Waals surface area contributed by atoms with Crippen LogP contribution >= 0.6 is 11.3 Å². The first-order valence-electron chi connectivity index (χ1n) is 10.0. The molecule has 6 nitrogen and oxygen atoms in total. The number of rotatable bonds is 6. The van der Waals surface area contributed by atoms with Gasteiger partial charge in [0, 0.05) is 4.88 Å². The van der Waals surface area contributed by atoms with Crippen LogP contribution in [0.1, 0.15) is 37.3 Å². The molecule has 2 aromatic heterocycles. The number of hydrogen-bond donors (Lipinski definition) is 2. The standard InChI is InChI=1S/C21H20F6N2O4S/c1-4-9(2)12-6-5-11(7-13(12)33-21(25,26)27)16-10(3)15-17(31)28-19(32)29(18(15)34-16)8-14(30)20(22,23)24/h5-7,9,14,30H,4,8H2,1-3H3,(H,28,31,32). The lowest BCUT2D eigenvalue weighted by Gasteiger charge is -2.18. The van der Waals surface area contributed by atoms with E-state index >= 15 is 0 Å². The summed E-state index contributed by atoms with van der Waals surface area (Å²) in [6, 6.07) is 4.12. The second-order valence-electron chi connectivity index (χ2n) is 7.77. The predicted molar refractivity (Wildman–Crippen MR) is 114 cm³/mol. The van der Waals surface area contributed by atoms with Crippen molar-refractivity contribution in [1.82, 2.24) is 9.55 Å². The number of benzene rings is 1. The first kappa shape index (κ1) is 25.8. The van der Waals surface area contributed by atoms with Gasteiger partial charge in [0.25, 0.3) is 5.56 Å². The highest BCUT2D eigenvalue weighted by Gasteiger charge is 2.39. The number of aryl methyl sites for hydroxylation is 1. The topological polar surface area (TPSA) is 84.3 Å². The van der Waals surface area contributed by atoms with E-state index in [0.717, 1.165) is 17.4 Å². The Bertz CT molecular complexity index is 1320. The monoisotopic (exact) mass is 510 g/mol. The van der Waals surface area contributed by atoms with Gasteiger partial charge in [-0.3, -0.25) is 14.3 Å². The number of H-pyrrole nitrogens is 1. The Labute approximate surface area is 192 Å². The maximum atomic E-state index is 13.0. The van der Waals surface area contributed by atoms with Crippen molar-refractivity contribution < 1.29 is 36.2 Å². The average molecular weight is 510 g/mol. The Kier molecular flexibility index (Phi) is 6.91. The smallest absolute Gasteiger partial charge is 0.405 e. The number of nitrogens with one attached hydrogen (secondary N) is 1. The number of aliphatic hydroxyl groups is 1. The molecule has 1 aromatic carbocycles. The zero-order valence-corrected chi connectivity index (χ0v) is 18.9. The number of alkyl halides is 6. The lowest BCUT2D eigenvalue weighted by molar-refractivity contribution is -0.274. The molecule has 2 N–H and O–H groups in total. The van der Waals surface area contributed by atoms with Gasteiger partial charge < -0.3 is 9.84 Å². The van der Waals surface area contributed by atoms with Gasteiger partial charge in [0.15, 0.2) is 6.10 Å². The Balaban J connectivity index is 2.23. The van der Waals surface area contributed by atoms with E-state index in [1.807, 2.05) is 4.98 Å².